The van der Waals surface area contributed by atoms with E-state index in [0.717, 1.165) is 11.1 Å². The number of aryl methyl sites for hydroxylation is 1. The zero-order valence-electron chi connectivity index (χ0n) is 7.09. The molecule has 1 atom stereocenters. The second kappa shape index (κ2) is 3.33. The molecule has 0 aliphatic heterocycles. The van der Waals surface area contributed by atoms with E-state index in [0.29, 0.717) is 6.61 Å². The second-order valence-electron chi connectivity index (χ2n) is 2.51. The van der Waals surface area contributed by atoms with Crippen LogP contribution in [0, 0.1) is 6.92 Å². The van der Waals surface area contributed by atoms with Gasteiger partial charge in [0.05, 0.1) is 17.7 Å². The fourth-order valence-corrected chi connectivity index (χ4v) is 1.20. The summed E-state index contributed by atoms with van der Waals surface area (Å²) >= 11 is 0. The summed E-state index contributed by atoms with van der Waals surface area (Å²) in [5.74, 6) is 0. The van der Waals surface area contributed by atoms with Crippen molar-refractivity contribution in [3.63, 3.8) is 0 Å². The molecule has 1 unspecified atom stereocenters. The first-order valence-electron chi connectivity index (χ1n) is 3.43. The molecule has 1 heterocycles. The van der Waals surface area contributed by atoms with Gasteiger partial charge in [-0.15, -0.1) is 0 Å². The van der Waals surface area contributed by atoms with E-state index in [2.05, 4.69) is 14.3 Å². The molecule has 0 N–H and O–H groups in total. The predicted octanol–water partition coefficient (Wildman–Crippen LogP) is 0.375. The Balaban J connectivity index is 2.98. The van der Waals surface area contributed by atoms with E-state index in [4.69, 9.17) is 4.74 Å². The molecule has 0 aromatic carbocycles. The SMILES string of the molecule is COCc1nn(C)c(P)c1C. The Labute approximate surface area is 68.9 Å². The first kappa shape index (κ1) is 8.69. The first-order chi connectivity index (χ1) is 5.16. The predicted molar refractivity (Wildman–Crippen MR) is 48.0 cm³/mol. The van der Waals surface area contributed by atoms with Gasteiger partial charge in [-0.2, -0.15) is 5.10 Å². The minimum atomic E-state index is 0.591. The molecule has 0 fully saturated rings. The van der Waals surface area contributed by atoms with Crippen molar-refractivity contribution in [2.45, 2.75) is 13.5 Å². The van der Waals surface area contributed by atoms with Crippen LogP contribution >= 0.6 is 9.24 Å². The summed E-state index contributed by atoms with van der Waals surface area (Å²) in [6.45, 7) is 2.64. The third-order valence-electron chi connectivity index (χ3n) is 1.72. The molecule has 62 valence electrons. The zero-order valence-corrected chi connectivity index (χ0v) is 8.24. The maximum atomic E-state index is 4.99. The van der Waals surface area contributed by atoms with Gasteiger partial charge in [0.25, 0.3) is 0 Å². The van der Waals surface area contributed by atoms with Crippen molar-refractivity contribution in [1.82, 2.24) is 9.78 Å². The van der Waals surface area contributed by atoms with Crippen LogP contribution in [0.2, 0.25) is 0 Å². The van der Waals surface area contributed by atoms with Gasteiger partial charge in [0.2, 0.25) is 0 Å². The Kier molecular flexibility index (Phi) is 2.63. The first-order valence-corrected chi connectivity index (χ1v) is 4.01. The molecule has 1 aromatic heterocycles. The van der Waals surface area contributed by atoms with E-state index in [1.165, 1.54) is 5.56 Å². The third-order valence-corrected chi connectivity index (χ3v) is 2.52. The highest BCUT2D eigenvalue weighted by molar-refractivity contribution is 7.27. The smallest absolute Gasteiger partial charge is 0.0917 e. The minimum absolute atomic E-state index is 0.591. The highest BCUT2D eigenvalue weighted by Crippen LogP contribution is 2.05. The van der Waals surface area contributed by atoms with Crippen LogP contribution in [0.1, 0.15) is 11.3 Å². The summed E-state index contributed by atoms with van der Waals surface area (Å²) in [5, 5.41) is 4.27. The van der Waals surface area contributed by atoms with Crippen molar-refractivity contribution in [3.8, 4) is 0 Å². The number of hydrogen-bond acceptors (Lipinski definition) is 2. The van der Waals surface area contributed by atoms with Crippen molar-refractivity contribution in [2.75, 3.05) is 7.11 Å². The van der Waals surface area contributed by atoms with Gasteiger partial charge in [-0.05, 0) is 12.5 Å². The lowest BCUT2D eigenvalue weighted by molar-refractivity contribution is 0.180. The average Bonchev–Trinajstić information content (AvgIpc) is 2.19. The van der Waals surface area contributed by atoms with Gasteiger partial charge in [0.15, 0.2) is 0 Å². The van der Waals surface area contributed by atoms with E-state index in [9.17, 15) is 0 Å². The van der Waals surface area contributed by atoms with Crippen molar-refractivity contribution in [1.29, 1.82) is 0 Å². The Morgan fingerprint density at radius 1 is 1.64 bits per heavy atom. The normalized spacial score (nSPS) is 10.5. The van der Waals surface area contributed by atoms with E-state index >= 15 is 0 Å². The Morgan fingerprint density at radius 3 is 2.64 bits per heavy atom. The van der Waals surface area contributed by atoms with Gasteiger partial charge in [-0.3, -0.25) is 4.68 Å². The van der Waals surface area contributed by atoms with E-state index in [-0.39, 0.29) is 0 Å². The number of rotatable bonds is 2. The standard InChI is InChI=1S/C7H13N2OP/c1-5-6(4-10-3)8-9(2)7(5)11/h4,11H2,1-3H3. The summed E-state index contributed by atoms with van der Waals surface area (Å²) in [4.78, 5) is 0. The topological polar surface area (TPSA) is 27.1 Å². The zero-order chi connectivity index (χ0) is 8.43. The lowest BCUT2D eigenvalue weighted by Crippen LogP contribution is -2.06. The molecule has 0 aliphatic carbocycles. The van der Waals surface area contributed by atoms with Crippen molar-refractivity contribution in [2.24, 2.45) is 7.05 Å². The van der Waals surface area contributed by atoms with Crippen LogP contribution in [0.3, 0.4) is 0 Å². The van der Waals surface area contributed by atoms with Crippen LogP contribution in [0.4, 0.5) is 0 Å². The molecule has 0 saturated heterocycles. The fraction of sp³-hybridized carbons (Fsp3) is 0.571. The summed E-state index contributed by atoms with van der Waals surface area (Å²) in [7, 11) is 6.26. The molecule has 0 radical (unpaired) electrons. The molecule has 1 rings (SSSR count). The Hall–Kier alpha value is -0.400. The largest absolute Gasteiger partial charge is 0.378 e. The number of methoxy groups -OCH3 is 1. The summed E-state index contributed by atoms with van der Waals surface area (Å²) < 4.78 is 6.83. The summed E-state index contributed by atoms with van der Waals surface area (Å²) in [6, 6.07) is 0. The highest BCUT2D eigenvalue weighted by Gasteiger charge is 2.06. The van der Waals surface area contributed by atoms with Gasteiger partial charge < -0.3 is 4.74 Å². The number of hydrogen-bond donors (Lipinski definition) is 0. The van der Waals surface area contributed by atoms with Gasteiger partial charge in [-0.1, -0.05) is 9.24 Å². The van der Waals surface area contributed by atoms with E-state index in [1.54, 1.807) is 7.11 Å². The number of nitrogens with zero attached hydrogens (tertiary/aromatic N) is 2. The summed E-state index contributed by atoms with van der Waals surface area (Å²) in [6.07, 6.45) is 0. The number of aromatic nitrogens is 2. The molecule has 0 saturated carbocycles. The lowest BCUT2D eigenvalue weighted by atomic mass is 10.3. The van der Waals surface area contributed by atoms with Crippen molar-refractivity contribution < 1.29 is 4.74 Å². The van der Waals surface area contributed by atoms with E-state index in [1.807, 2.05) is 18.7 Å². The molecule has 11 heavy (non-hydrogen) atoms. The van der Waals surface area contributed by atoms with E-state index < -0.39 is 0 Å². The van der Waals surface area contributed by atoms with Crippen LogP contribution in [-0.2, 0) is 18.4 Å². The monoisotopic (exact) mass is 172 g/mol. The van der Waals surface area contributed by atoms with Crippen molar-refractivity contribution in [3.05, 3.63) is 11.3 Å². The van der Waals surface area contributed by atoms with Gasteiger partial charge in [0, 0.05) is 14.2 Å². The maximum absolute atomic E-state index is 4.99. The molecule has 0 amide bonds. The van der Waals surface area contributed by atoms with Crippen LogP contribution in [0.25, 0.3) is 0 Å². The van der Waals surface area contributed by atoms with Gasteiger partial charge in [0.1, 0.15) is 0 Å². The van der Waals surface area contributed by atoms with Crippen LogP contribution in [0.5, 0.6) is 0 Å². The molecule has 1 aromatic rings. The number of ether oxygens (including phenoxy) is 1. The lowest BCUT2D eigenvalue weighted by Gasteiger charge is -1.93. The Morgan fingerprint density at radius 2 is 2.27 bits per heavy atom. The molecule has 0 spiro atoms. The maximum Gasteiger partial charge on any atom is 0.0917 e. The molecular weight excluding hydrogens is 159 g/mol. The quantitative estimate of drug-likeness (QED) is 0.603. The van der Waals surface area contributed by atoms with Gasteiger partial charge in [-0.25, -0.2) is 0 Å². The molecular formula is C7H13N2OP. The second-order valence-corrected chi connectivity index (χ2v) is 3.06. The minimum Gasteiger partial charge on any atom is -0.378 e. The fourth-order valence-electron chi connectivity index (χ4n) is 0.974. The highest BCUT2D eigenvalue weighted by atomic mass is 31.0. The average molecular weight is 172 g/mol. The molecule has 0 bridgehead atoms. The summed E-state index contributed by atoms with van der Waals surface area (Å²) in [5.41, 5.74) is 3.33. The third kappa shape index (κ3) is 1.60. The van der Waals surface area contributed by atoms with Crippen LogP contribution < -0.4 is 5.44 Å². The Bertz CT molecular complexity index is 257. The van der Waals surface area contributed by atoms with Crippen LogP contribution in [0.15, 0.2) is 0 Å². The van der Waals surface area contributed by atoms with Crippen LogP contribution in [-0.4, -0.2) is 16.9 Å². The van der Waals surface area contributed by atoms with Crippen molar-refractivity contribution >= 4 is 14.7 Å². The van der Waals surface area contributed by atoms with Gasteiger partial charge >= 0.3 is 0 Å². The molecule has 4 heteroatoms. The molecule has 3 nitrogen and oxygen atoms in total. The molecule has 0 aliphatic rings.